The molecule has 0 fully saturated rings. The van der Waals surface area contributed by atoms with E-state index < -0.39 is 0 Å². The Kier molecular flexibility index (Phi) is 5.51. The molecule has 2 aromatic rings. The Balaban J connectivity index is 2.16. The third-order valence-corrected chi connectivity index (χ3v) is 3.84. The van der Waals surface area contributed by atoms with E-state index in [1.165, 1.54) is 5.56 Å². The molecule has 0 atom stereocenters. The van der Waals surface area contributed by atoms with Crippen molar-refractivity contribution in [3.63, 3.8) is 0 Å². The number of halogens is 1. The highest BCUT2D eigenvalue weighted by molar-refractivity contribution is 9.10. The standard InChI is InChI=1S/C17H20BrNO2/c1-4-13-9-14(18)5-6-17(13)19-11-12-7-15(20-2)10-16(8-12)21-3/h5-10,19H,4,11H2,1-3H3. The molecule has 4 heteroatoms. The van der Waals surface area contributed by atoms with Gasteiger partial charge in [0, 0.05) is 22.8 Å². The molecule has 2 aromatic carbocycles. The molecule has 0 aliphatic carbocycles. The first-order valence-corrected chi connectivity index (χ1v) is 7.69. The van der Waals surface area contributed by atoms with Crippen molar-refractivity contribution in [2.75, 3.05) is 19.5 Å². The van der Waals surface area contributed by atoms with E-state index in [0.29, 0.717) is 0 Å². The van der Waals surface area contributed by atoms with Crippen molar-refractivity contribution in [2.45, 2.75) is 19.9 Å². The van der Waals surface area contributed by atoms with Gasteiger partial charge in [-0.05, 0) is 47.9 Å². The molecular formula is C17H20BrNO2. The van der Waals surface area contributed by atoms with Crippen molar-refractivity contribution in [3.8, 4) is 11.5 Å². The zero-order valence-corrected chi connectivity index (χ0v) is 14.2. The van der Waals surface area contributed by atoms with E-state index in [2.05, 4.69) is 40.3 Å². The van der Waals surface area contributed by atoms with Gasteiger partial charge in [-0.1, -0.05) is 22.9 Å². The van der Waals surface area contributed by atoms with Crippen LogP contribution in [-0.2, 0) is 13.0 Å². The van der Waals surface area contributed by atoms with E-state index in [0.717, 1.165) is 40.2 Å². The summed E-state index contributed by atoms with van der Waals surface area (Å²) < 4.78 is 11.7. The lowest BCUT2D eigenvalue weighted by Gasteiger charge is -2.13. The lowest BCUT2D eigenvalue weighted by atomic mass is 10.1. The first-order chi connectivity index (χ1) is 10.2. The first-order valence-electron chi connectivity index (χ1n) is 6.90. The minimum absolute atomic E-state index is 0.724. The summed E-state index contributed by atoms with van der Waals surface area (Å²) in [4.78, 5) is 0. The molecule has 0 heterocycles. The van der Waals surface area contributed by atoms with E-state index in [1.54, 1.807) is 14.2 Å². The SMILES string of the molecule is CCc1cc(Br)ccc1NCc1cc(OC)cc(OC)c1. The van der Waals surface area contributed by atoms with Crippen LogP contribution in [0.3, 0.4) is 0 Å². The molecule has 2 rings (SSSR count). The second-order valence-corrected chi connectivity index (χ2v) is 5.65. The smallest absolute Gasteiger partial charge is 0.122 e. The average molecular weight is 350 g/mol. The summed E-state index contributed by atoms with van der Waals surface area (Å²) >= 11 is 3.51. The number of anilines is 1. The van der Waals surface area contributed by atoms with Crippen molar-refractivity contribution >= 4 is 21.6 Å². The molecule has 0 aromatic heterocycles. The monoisotopic (exact) mass is 349 g/mol. The highest BCUT2D eigenvalue weighted by Crippen LogP contribution is 2.25. The van der Waals surface area contributed by atoms with Crippen LogP contribution in [0.5, 0.6) is 11.5 Å². The van der Waals surface area contributed by atoms with Crippen LogP contribution in [0.4, 0.5) is 5.69 Å². The van der Waals surface area contributed by atoms with Crippen molar-refractivity contribution in [2.24, 2.45) is 0 Å². The topological polar surface area (TPSA) is 30.5 Å². The number of benzene rings is 2. The summed E-state index contributed by atoms with van der Waals surface area (Å²) in [7, 11) is 3.33. The van der Waals surface area contributed by atoms with E-state index in [4.69, 9.17) is 9.47 Å². The zero-order valence-electron chi connectivity index (χ0n) is 12.6. The summed E-state index contributed by atoms with van der Waals surface area (Å²) in [5.74, 6) is 1.61. The van der Waals surface area contributed by atoms with Crippen molar-refractivity contribution in [1.82, 2.24) is 0 Å². The minimum Gasteiger partial charge on any atom is -0.497 e. The van der Waals surface area contributed by atoms with Gasteiger partial charge in [0.1, 0.15) is 11.5 Å². The Morgan fingerprint density at radius 3 is 2.24 bits per heavy atom. The van der Waals surface area contributed by atoms with E-state index >= 15 is 0 Å². The van der Waals surface area contributed by atoms with Gasteiger partial charge in [0.25, 0.3) is 0 Å². The Morgan fingerprint density at radius 1 is 1.00 bits per heavy atom. The molecule has 0 bridgehead atoms. The Labute approximate surface area is 134 Å². The van der Waals surface area contributed by atoms with Crippen LogP contribution < -0.4 is 14.8 Å². The Hall–Kier alpha value is -1.68. The lowest BCUT2D eigenvalue weighted by Crippen LogP contribution is -2.03. The van der Waals surface area contributed by atoms with E-state index in [9.17, 15) is 0 Å². The number of methoxy groups -OCH3 is 2. The van der Waals surface area contributed by atoms with E-state index in [-0.39, 0.29) is 0 Å². The molecule has 0 amide bonds. The fourth-order valence-corrected chi connectivity index (χ4v) is 2.60. The highest BCUT2D eigenvalue weighted by atomic mass is 79.9. The number of nitrogens with one attached hydrogen (secondary N) is 1. The molecule has 0 unspecified atom stereocenters. The fraction of sp³-hybridized carbons (Fsp3) is 0.294. The number of rotatable bonds is 6. The summed E-state index contributed by atoms with van der Waals surface area (Å²) in [6.45, 7) is 2.88. The van der Waals surface area contributed by atoms with Crippen LogP contribution in [0, 0.1) is 0 Å². The van der Waals surface area contributed by atoms with Gasteiger partial charge in [-0.3, -0.25) is 0 Å². The first kappa shape index (κ1) is 15.7. The lowest BCUT2D eigenvalue weighted by molar-refractivity contribution is 0.393. The highest BCUT2D eigenvalue weighted by Gasteiger charge is 2.04. The van der Waals surface area contributed by atoms with Gasteiger partial charge in [-0.2, -0.15) is 0 Å². The van der Waals surface area contributed by atoms with Gasteiger partial charge in [0.15, 0.2) is 0 Å². The van der Waals surface area contributed by atoms with Crippen molar-refractivity contribution < 1.29 is 9.47 Å². The third kappa shape index (κ3) is 4.14. The summed E-state index contributed by atoms with van der Waals surface area (Å²) in [6.07, 6.45) is 0.989. The van der Waals surface area contributed by atoms with Gasteiger partial charge < -0.3 is 14.8 Å². The normalized spacial score (nSPS) is 10.3. The molecule has 112 valence electrons. The molecule has 0 saturated carbocycles. The summed E-state index contributed by atoms with van der Waals surface area (Å²) in [6, 6.07) is 12.2. The molecule has 3 nitrogen and oxygen atoms in total. The predicted octanol–water partition coefficient (Wildman–Crippen LogP) is 4.64. The zero-order chi connectivity index (χ0) is 15.2. The Morgan fingerprint density at radius 2 is 1.67 bits per heavy atom. The molecule has 1 N–H and O–H groups in total. The average Bonchev–Trinajstić information content (AvgIpc) is 2.53. The van der Waals surface area contributed by atoms with Gasteiger partial charge >= 0.3 is 0 Å². The van der Waals surface area contributed by atoms with Gasteiger partial charge in [-0.25, -0.2) is 0 Å². The Bertz CT molecular complexity index is 591. The maximum Gasteiger partial charge on any atom is 0.122 e. The quantitative estimate of drug-likeness (QED) is 0.823. The van der Waals surface area contributed by atoms with Gasteiger partial charge in [0.2, 0.25) is 0 Å². The van der Waals surface area contributed by atoms with Crippen LogP contribution in [0.15, 0.2) is 40.9 Å². The van der Waals surface area contributed by atoms with E-state index in [1.807, 2.05) is 24.3 Å². The van der Waals surface area contributed by atoms with Crippen LogP contribution in [0.2, 0.25) is 0 Å². The van der Waals surface area contributed by atoms with Crippen LogP contribution >= 0.6 is 15.9 Å². The molecule has 0 spiro atoms. The maximum absolute atomic E-state index is 5.30. The van der Waals surface area contributed by atoms with Crippen molar-refractivity contribution in [1.29, 1.82) is 0 Å². The minimum atomic E-state index is 0.724. The van der Waals surface area contributed by atoms with Crippen LogP contribution in [-0.4, -0.2) is 14.2 Å². The predicted molar refractivity (Wildman–Crippen MR) is 90.4 cm³/mol. The molecule has 0 aliphatic rings. The number of hydrogen-bond acceptors (Lipinski definition) is 3. The van der Waals surface area contributed by atoms with Gasteiger partial charge in [0.05, 0.1) is 14.2 Å². The van der Waals surface area contributed by atoms with Crippen LogP contribution in [0.1, 0.15) is 18.1 Å². The molecule has 0 saturated heterocycles. The number of ether oxygens (including phenoxy) is 2. The molecular weight excluding hydrogens is 330 g/mol. The maximum atomic E-state index is 5.30. The molecule has 0 radical (unpaired) electrons. The molecule has 0 aliphatic heterocycles. The second kappa shape index (κ2) is 7.36. The second-order valence-electron chi connectivity index (χ2n) is 4.73. The summed E-state index contributed by atoms with van der Waals surface area (Å²) in [5.41, 5.74) is 3.57. The number of aryl methyl sites for hydroxylation is 1. The fourth-order valence-electron chi connectivity index (χ4n) is 2.19. The van der Waals surface area contributed by atoms with Crippen LogP contribution in [0.25, 0.3) is 0 Å². The number of hydrogen-bond donors (Lipinski definition) is 1. The largest absolute Gasteiger partial charge is 0.497 e. The molecule has 21 heavy (non-hydrogen) atoms. The van der Waals surface area contributed by atoms with Crippen molar-refractivity contribution in [3.05, 3.63) is 52.0 Å². The van der Waals surface area contributed by atoms with Gasteiger partial charge in [-0.15, -0.1) is 0 Å². The third-order valence-electron chi connectivity index (χ3n) is 3.34. The summed E-state index contributed by atoms with van der Waals surface area (Å²) in [5, 5.41) is 3.48.